The quantitative estimate of drug-likeness (QED) is 0.801. The van der Waals surface area contributed by atoms with Crippen LogP contribution in [0.4, 0.5) is 0 Å². The Labute approximate surface area is 100 Å². The van der Waals surface area contributed by atoms with Crippen molar-refractivity contribution in [3.8, 4) is 11.5 Å². The molecule has 0 aliphatic rings. The van der Waals surface area contributed by atoms with E-state index in [4.69, 9.17) is 9.47 Å². The van der Waals surface area contributed by atoms with Crippen molar-refractivity contribution < 1.29 is 9.47 Å². The van der Waals surface area contributed by atoms with E-state index in [2.05, 4.69) is 4.98 Å². The summed E-state index contributed by atoms with van der Waals surface area (Å²) in [5.41, 5.74) is 0.913. The topological polar surface area (TPSA) is 31.4 Å². The molecule has 4 heteroatoms. The molecule has 0 unspecified atom stereocenters. The summed E-state index contributed by atoms with van der Waals surface area (Å²) in [7, 11) is 3.29. The van der Waals surface area contributed by atoms with E-state index in [1.54, 1.807) is 25.6 Å². The van der Waals surface area contributed by atoms with Crippen molar-refractivity contribution in [3.05, 3.63) is 17.1 Å². The highest BCUT2D eigenvalue weighted by molar-refractivity contribution is 7.18. The average molecular weight is 239 g/mol. The Morgan fingerprint density at radius 1 is 1.12 bits per heavy atom. The Bertz CT molecular complexity index is 465. The third-order valence-corrected chi connectivity index (χ3v) is 2.91. The molecule has 2 aromatic rings. The maximum atomic E-state index is 5.25. The Balaban J connectivity index is 0.000000606. The monoisotopic (exact) mass is 239 g/mol. The molecule has 0 aliphatic carbocycles. The molecule has 0 bridgehead atoms. The van der Waals surface area contributed by atoms with Gasteiger partial charge in [-0.2, -0.15) is 0 Å². The summed E-state index contributed by atoms with van der Waals surface area (Å²) < 4.78 is 11.5. The normalized spacial score (nSPS) is 9.56. The second kappa shape index (κ2) is 5.70. The zero-order valence-electron chi connectivity index (χ0n) is 10.3. The number of methoxy groups -OCH3 is 2. The lowest BCUT2D eigenvalue weighted by atomic mass is 10.3. The van der Waals surface area contributed by atoms with Crippen LogP contribution in [-0.2, 0) is 0 Å². The van der Waals surface area contributed by atoms with Gasteiger partial charge in [0, 0.05) is 6.07 Å². The Morgan fingerprint density at radius 2 is 1.81 bits per heavy atom. The zero-order valence-corrected chi connectivity index (χ0v) is 11.1. The fourth-order valence-electron chi connectivity index (χ4n) is 1.36. The number of fused-ring (bicyclic) bond motifs is 1. The third kappa shape index (κ3) is 2.44. The average Bonchev–Trinajstić information content (AvgIpc) is 2.70. The Kier molecular flexibility index (Phi) is 4.55. The maximum Gasteiger partial charge on any atom is 0.149 e. The van der Waals surface area contributed by atoms with E-state index in [0.717, 1.165) is 26.7 Å². The van der Waals surface area contributed by atoms with E-state index in [-0.39, 0.29) is 0 Å². The lowest BCUT2D eigenvalue weighted by molar-refractivity contribution is 0.397. The van der Waals surface area contributed by atoms with Gasteiger partial charge in [0.05, 0.1) is 23.9 Å². The second-order valence-corrected chi connectivity index (χ2v) is 4.14. The molecule has 0 saturated heterocycles. The minimum atomic E-state index is 0.767. The Morgan fingerprint density at radius 3 is 2.38 bits per heavy atom. The van der Waals surface area contributed by atoms with Gasteiger partial charge in [0.1, 0.15) is 17.0 Å². The number of benzene rings is 1. The van der Waals surface area contributed by atoms with Gasteiger partial charge < -0.3 is 9.47 Å². The van der Waals surface area contributed by atoms with Crippen molar-refractivity contribution in [3.63, 3.8) is 0 Å². The lowest BCUT2D eigenvalue weighted by Crippen LogP contribution is -1.87. The zero-order chi connectivity index (χ0) is 12.1. The number of hydrogen-bond donors (Lipinski definition) is 0. The summed E-state index contributed by atoms with van der Waals surface area (Å²) in [6.45, 7) is 5.98. The van der Waals surface area contributed by atoms with Crippen molar-refractivity contribution >= 4 is 21.6 Å². The molecular formula is C12H17NO2S. The van der Waals surface area contributed by atoms with Crippen LogP contribution in [0.15, 0.2) is 12.1 Å². The van der Waals surface area contributed by atoms with Crippen LogP contribution in [0.2, 0.25) is 0 Å². The first-order valence-electron chi connectivity index (χ1n) is 5.23. The van der Waals surface area contributed by atoms with Crippen LogP contribution in [0.25, 0.3) is 10.2 Å². The molecule has 1 aromatic carbocycles. The molecule has 3 nitrogen and oxygen atoms in total. The number of ether oxygens (including phenoxy) is 2. The van der Waals surface area contributed by atoms with Crippen LogP contribution in [0.3, 0.4) is 0 Å². The minimum absolute atomic E-state index is 0.767. The van der Waals surface area contributed by atoms with Gasteiger partial charge in [-0.1, -0.05) is 13.8 Å². The van der Waals surface area contributed by atoms with E-state index in [1.165, 1.54) is 0 Å². The highest BCUT2D eigenvalue weighted by Gasteiger charge is 2.08. The van der Waals surface area contributed by atoms with Gasteiger partial charge in [-0.3, -0.25) is 0 Å². The summed E-state index contributed by atoms with van der Waals surface area (Å²) in [4.78, 5) is 4.40. The summed E-state index contributed by atoms with van der Waals surface area (Å²) in [6, 6.07) is 3.82. The van der Waals surface area contributed by atoms with Crippen molar-refractivity contribution in [2.75, 3.05) is 14.2 Å². The van der Waals surface area contributed by atoms with Gasteiger partial charge in [0.2, 0.25) is 0 Å². The molecule has 0 aliphatic heterocycles. The fraction of sp³-hybridized carbons (Fsp3) is 0.417. The van der Waals surface area contributed by atoms with Crippen LogP contribution in [0, 0.1) is 6.92 Å². The van der Waals surface area contributed by atoms with Crippen molar-refractivity contribution in [1.82, 2.24) is 4.98 Å². The van der Waals surface area contributed by atoms with Gasteiger partial charge in [-0.25, -0.2) is 4.98 Å². The molecular weight excluding hydrogens is 222 g/mol. The first kappa shape index (κ1) is 12.8. The van der Waals surface area contributed by atoms with Crippen LogP contribution < -0.4 is 9.47 Å². The van der Waals surface area contributed by atoms with Gasteiger partial charge in [0.25, 0.3) is 0 Å². The predicted molar refractivity (Wildman–Crippen MR) is 68.8 cm³/mol. The maximum absolute atomic E-state index is 5.25. The van der Waals surface area contributed by atoms with Gasteiger partial charge >= 0.3 is 0 Å². The molecule has 88 valence electrons. The molecule has 0 radical (unpaired) electrons. The number of thiazole rings is 1. The van der Waals surface area contributed by atoms with E-state index >= 15 is 0 Å². The van der Waals surface area contributed by atoms with Crippen LogP contribution in [0.1, 0.15) is 18.9 Å². The SMILES string of the molecule is CC.COc1cc(OC)c2nc(C)sc2c1. The molecule has 0 N–H and O–H groups in total. The molecule has 1 heterocycles. The third-order valence-electron chi connectivity index (χ3n) is 2.00. The van der Waals surface area contributed by atoms with E-state index in [1.807, 2.05) is 32.9 Å². The first-order valence-corrected chi connectivity index (χ1v) is 6.05. The first-order chi connectivity index (χ1) is 7.74. The molecule has 1 aromatic heterocycles. The van der Waals surface area contributed by atoms with Crippen molar-refractivity contribution in [2.45, 2.75) is 20.8 Å². The molecule has 0 saturated carbocycles. The minimum Gasteiger partial charge on any atom is -0.497 e. The van der Waals surface area contributed by atoms with Crippen molar-refractivity contribution in [1.29, 1.82) is 0 Å². The van der Waals surface area contributed by atoms with E-state index in [9.17, 15) is 0 Å². The smallest absolute Gasteiger partial charge is 0.149 e. The summed E-state index contributed by atoms with van der Waals surface area (Å²) in [6.07, 6.45) is 0. The highest BCUT2D eigenvalue weighted by atomic mass is 32.1. The van der Waals surface area contributed by atoms with Crippen LogP contribution in [-0.4, -0.2) is 19.2 Å². The van der Waals surface area contributed by atoms with Crippen molar-refractivity contribution in [2.24, 2.45) is 0 Å². The molecule has 0 fully saturated rings. The van der Waals surface area contributed by atoms with Gasteiger partial charge in [-0.15, -0.1) is 11.3 Å². The number of aromatic nitrogens is 1. The van der Waals surface area contributed by atoms with Crippen LogP contribution in [0.5, 0.6) is 11.5 Å². The fourth-order valence-corrected chi connectivity index (χ4v) is 2.23. The van der Waals surface area contributed by atoms with Gasteiger partial charge in [0.15, 0.2) is 0 Å². The predicted octanol–water partition coefficient (Wildman–Crippen LogP) is 3.65. The largest absolute Gasteiger partial charge is 0.497 e. The number of aryl methyl sites for hydroxylation is 1. The standard InChI is InChI=1S/C10H11NO2S.C2H6/c1-6-11-10-8(13-3)4-7(12-2)5-9(10)14-6;1-2/h4-5H,1-3H3;1-2H3. The van der Waals surface area contributed by atoms with E-state index in [0.29, 0.717) is 0 Å². The summed E-state index contributed by atoms with van der Waals surface area (Å²) in [5, 5.41) is 1.03. The van der Waals surface area contributed by atoms with E-state index < -0.39 is 0 Å². The second-order valence-electron chi connectivity index (χ2n) is 2.91. The molecule has 2 rings (SSSR count). The number of rotatable bonds is 2. The molecule has 0 spiro atoms. The highest BCUT2D eigenvalue weighted by Crippen LogP contribution is 2.33. The van der Waals surface area contributed by atoms with Crippen LogP contribution >= 0.6 is 11.3 Å². The molecule has 0 atom stereocenters. The summed E-state index contributed by atoms with van der Waals surface area (Å²) in [5.74, 6) is 1.57. The molecule has 16 heavy (non-hydrogen) atoms. The lowest BCUT2D eigenvalue weighted by Gasteiger charge is -2.03. The molecule has 0 amide bonds. The Hall–Kier alpha value is -1.29. The number of hydrogen-bond acceptors (Lipinski definition) is 4. The van der Waals surface area contributed by atoms with Gasteiger partial charge in [-0.05, 0) is 13.0 Å². The summed E-state index contributed by atoms with van der Waals surface area (Å²) >= 11 is 1.64. The number of nitrogens with zero attached hydrogens (tertiary/aromatic N) is 1.